The fourth-order valence-electron chi connectivity index (χ4n) is 3.74. The summed E-state index contributed by atoms with van der Waals surface area (Å²) in [6, 6.07) is 12.8. The van der Waals surface area contributed by atoms with Crippen molar-refractivity contribution in [1.82, 2.24) is 0 Å². The summed E-state index contributed by atoms with van der Waals surface area (Å²) in [5, 5.41) is 0. The fourth-order valence-corrected chi connectivity index (χ4v) is 3.74. The lowest BCUT2D eigenvalue weighted by atomic mass is 10.0. The van der Waals surface area contributed by atoms with Crippen molar-refractivity contribution in [2.45, 2.75) is 26.1 Å². The van der Waals surface area contributed by atoms with Crippen LogP contribution in [0.3, 0.4) is 0 Å². The molecule has 0 unspecified atom stereocenters. The van der Waals surface area contributed by atoms with Gasteiger partial charge in [-0.25, -0.2) is 0 Å². The van der Waals surface area contributed by atoms with Crippen LogP contribution < -0.4 is 9.64 Å². The number of aryl methyl sites for hydroxylation is 1. The van der Waals surface area contributed by atoms with Crippen LogP contribution in [0.1, 0.15) is 34.8 Å². The number of amides is 1. The monoisotopic (exact) mass is 381 g/mol. The van der Waals surface area contributed by atoms with Crippen LogP contribution >= 0.6 is 0 Å². The van der Waals surface area contributed by atoms with E-state index in [-0.39, 0.29) is 11.7 Å². The van der Waals surface area contributed by atoms with Gasteiger partial charge in [-0.3, -0.25) is 9.59 Å². The number of hydrogen-bond donors (Lipinski definition) is 0. The molecule has 6 nitrogen and oxygen atoms in total. The average molecular weight is 381 g/mol. The smallest absolute Gasteiger partial charge is 0.292 e. The Bertz CT molecular complexity index is 900. The summed E-state index contributed by atoms with van der Waals surface area (Å²) in [4.78, 5) is 26.3. The highest BCUT2D eigenvalue weighted by molar-refractivity contribution is 6.07. The van der Waals surface area contributed by atoms with E-state index in [9.17, 15) is 9.59 Å². The number of anilines is 1. The first kappa shape index (κ1) is 18.7. The Morgan fingerprint density at radius 1 is 1.14 bits per heavy atom. The molecule has 0 aliphatic carbocycles. The van der Waals surface area contributed by atoms with Crippen molar-refractivity contribution in [1.29, 1.82) is 0 Å². The van der Waals surface area contributed by atoms with Crippen LogP contribution in [0.25, 0.3) is 0 Å². The molecule has 6 heteroatoms. The third-order valence-corrected chi connectivity index (χ3v) is 5.13. The molecule has 0 bridgehead atoms. The van der Waals surface area contributed by atoms with E-state index in [1.54, 1.807) is 29.2 Å². The molecule has 4 rings (SSSR count). The molecule has 1 spiro atoms. The first-order chi connectivity index (χ1) is 13.5. The van der Waals surface area contributed by atoms with Crippen LogP contribution in [-0.2, 0) is 20.1 Å². The Labute approximate surface area is 164 Å². The minimum atomic E-state index is -1.33. The van der Waals surface area contributed by atoms with Gasteiger partial charge in [-0.2, -0.15) is 0 Å². The molecule has 0 atom stereocenters. The predicted octanol–water partition coefficient (Wildman–Crippen LogP) is 3.21. The van der Waals surface area contributed by atoms with Crippen LogP contribution in [0.15, 0.2) is 42.5 Å². The van der Waals surface area contributed by atoms with E-state index in [2.05, 4.69) is 0 Å². The summed E-state index contributed by atoms with van der Waals surface area (Å²) in [5.74, 6) is -0.865. The number of nitrogens with zero attached hydrogens (tertiary/aromatic N) is 1. The lowest BCUT2D eigenvalue weighted by Crippen LogP contribution is -2.48. The number of para-hydroxylation sites is 1. The van der Waals surface area contributed by atoms with Gasteiger partial charge >= 0.3 is 0 Å². The van der Waals surface area contributed by atoms with Crippen LogP contribution in [-0.4, -0.2) is 38.1 Å². The van der Waals surface area contributed by atoms with Gasteiger partial charge in [0.05, 0.1) is 25.4 Å². The second-order valence-electron chi connectivity index (χ2n) is 7.02. The maximum Gasteiger partial charge on any atom is 0.292 e. The third-order valence-electron chi connectivity index (χ3n) is 5.13. The van der Waals surface area contributed by atoms with E-state index in [1.807, 2.05) is 25.1 Å². The summed E-state index contributed by atoms with van der Waals surface area (Å²) < 4.78 is 17.5. The SMILES string of the molecule is CC(=O)c1ccc(OCCN2C(=O)C3(OCCCO3)c3cccc(C)c32)cc1. The van der Waals surface area contributed by atoms with Crippen LogP contribution in [0.4, 0.5) is 5.69 Å². The minimum Gasteiger partial charge on any atom is -0.492 e. The van der Waals surface area contributed by atoms with E-state index in [1.165, 1.54) is 6.92 Å². The van der Waals surface area contributed by atoms with Crippen LogP contribution in [0.5, 0.6) is 5.75 Å². The van der Waals surface area contributed by atoms with Gasteiger partial charge < -0.3 is 19.1 Å². The van der Waals surface area contributed by atoms with Gasteiger partial charge in [-0.1, -0.05) is 18.2 Å². The molecule has 1 saturated heterocycles. The van der Waals surface area contributed by atoms with E-state index in [0.717, 1.165) is 23.2 Å². The first-order valence-corrected chi connectivity index (χ1v) is 9.47. The minimum absolute atomic E-state index is 0.0130. The average Bonchev–Trinajstić information content (AvgIpc) is 2.93. The highest BCUT2D eigenvalue weighted by atomic mass is 16.7. The van der Waals surface area contributed by atoms with Crippen molar-refractivity contribution in [3.05, 3.63) is 59.2 Å². The van der Waals surface area contributed by atoms with Gasteiger partial charge in [0.1, 0.15) is 12.4 Å². The number of ether oxygens (including phenoxy) is 3. The highest BCUT2D eigenvalue weighted by Crippen LogP contribution is 2.46. The summed E-state index contributed by atoms with van der Waals surface area (Å²) >= 11 is 0. The highest BCUT2D eigenvalue weighted by Gasteiger charge is 2.55. The molecule has 0 radical (unpaired) electrons. The van der Waals surface area contributed by atoms with Crippen molar-refractivity contribution in [3.8, 4) is 5.75 Å². The molecule has 0 N–H and O–H groups in total. The van der Waals surface area contributed by atoms with Gasteiger partial charge in [-0.15, -0.1) is 0 Å². The summed E-state index contributed by atoms with van der Waals surface area (Å²) in [6.45, 7) is 5.18. The number of Topliss-reactive ketones (excluding diaryl/α,β-unsaturated/α-hetero) is 1. The Balaban J connectivity index is 1.52. The van der Waals surface area contributed by atoms with Gasteiger partial charge in [0.15, 0.2) is 5.78 Å². The van der Waals surface area contributed by atoms with E-state index >= 15 is 0 Å². The Hall–Kier alpha value is -2.70. The van der Waals surface area contributed by atoms with Crippen molar-refractivity contribution in [2.24, 2.45) is 0 Å². The molecule has 2 aliphatic heterocycles. The second-order valence-corrected chi connectivity index (χ2v) is 7.02. The molecule has 2 heterocycles. The maximum atomic E-state index is 13.2. The topological polar surface area (TPSA) is 65.1 Å². The van der Waals surface area contributed by atoms with Gasteiger partial charge in [0, 0.05) is 11.1 Å². The fraction of sp³-hybridized carbons (Fsp3) is 0.364. The lowest BCUT2D eigenvalue weighted by Gasteiger charge is -2.32. The number of benzene rings is 2. The molecule has 2 aromatic carbocycles. The molecule has 28 heavy (non-hydrogen) atoms. The van der Waals surface area contributed by atoms with Crippen molar-refractivity contribution in [2.75, 3.05) is 31.3 Å². The van der Waals surface area contributed by atoms with Crippen molar-refractivity contribution < 1.29 is 23.8 Å². The number of fused-ring (bicyclic) bond motifs is 2. The normalized spacial score (nSPS) is 17.6. The summed E-state index contributed by atoms with van der Waals surface area (Å²) in [7, 11) is 0. The first-order valence-electron chi connectivity index (χ1n) is 9.47. The quantitative estimate of drug-likeness (QED) is 0.744. The molecule has 2 aliphatic rings. The Morgan fingerprint density at radius 3 is 2.54 bits per heavy atom. The number of carbonyl (C=O) groups excluding carboxylic acids is 2. The number of ketones is 1. The van der Waals surface area contributed by atoms with Gasteiger partial charge in [0.2, 0.25) is 0 Å². The van der Waals surface area contributed by atoms with Crippen LogP contribution in [0, 0.1) is 6.92 Å². The molecule has 0 aromatic heterocycles. The standard InChI is InChI=1S/C22H23NO5/c1-15-5-3-6-19-20(15)23(21(25)22(19)27-12-4-13-28-22)11-14-26-18-9-7-17(8-10-18)16(2)24/h3,5-10H,4,11-14H2,1-2H3. The molecule has 2 aromatic rings. The molecule has 146 valence electrons. The van der Waals surface area contributed by atoms with E-state index in [0.29, 0.717) is 37.7 Å². The zero-order chi connectivity index (χ0) is 19.7. The van der Waals surface area contributed by atoms with E-state index < -0.39 is 5.79 Å². The van der Waals surface area contributed by atoms with Crippen molar-refractivity contribution in [3.63, 3.8) is 0 Å². The van der Waals surface area contributed by atoms with Gasteiger partial charge in [0.25, 0.3) is 11.7 Å². The molecule has 1 amide bonds. The second kappa shape index (κ2) is 7.37. The Morgan fingerprint density at radius 2 is 1.86 bits per heavy atom. The lowest BCUT2D eigenvalue weighted by molar-refractivity contribution is -0.256. The van der Waals surface area contributed by atoms with Gasteiger partial charge in [-0.05, 0) is 50.1 Å². The molecule has 1 fully saturated rings. The zero-order valence-corrected chi connectivity index (χ0v) is 16.1. The number of rotatable bonds is 5. The predicted molar refractivity (Wildman–Crippen MR) is 104 cm³/mol. The Kier molecular flexibility index (Phi) is 4.91. The largest absolute Gasteiger partial charge is 0.492 e. The number of carbonyl (C=O) groups is 2. The third kappa shape index (κ3) is 3.08. The number of hydrogen-bond acceptors (Lipinski definition) is 5. The summed E-state index contributed by atoms with van der Waals surface area (Å²) in [6.07, 6.45) is 0.773. The molecule has 0 saturated carbocycles. The summed E-state index contributed by atoms with van der Waals surface area (Å²) in [5.41, 5.74) is 3.24. The maximum absolute atomic E-state index is 13.2. The zero-order valence-electron chi connectivity index (χ0n) is 16.1. The van der Waals surface area contributed by atoms with Crippen molar-refractivity contribution >= 4 is 17.4 Å². The molecular formula is C22H23NO5. The van der Waals surface area contributed by atoms with Crippen LogP contribution in [0.2, 0.25) is 0 Å². The molecular weight excluding hydrogens is 358 g/mol. The van der Waals surface area contributed by atoms with E-state index in [4.69, 9.17) is 14.2 Å².